The number of rotatable bonds is 3. The van der Waals surface area contributed by atoms with Crippen LogP contribution in [-0.4, -0.2) is 26.4 Å². The quantitative estimate of drug-likeness (QED) is 0.788. The largest absolute Gasteiger partial charge is 0.472 e. The molecule has 26 heavy (non-hydrogen) atoms. The van der Waals surface area contributed by atoms with E-state index in [1.54, 1.807) is 18.9 Å². The first-order chi connectivity index (χ1) is 12.8. The van der Waals surface area contributed by atoms with Gasteiger partial charge in [-0.15, -0.1) is 10.2 Å². The second-order valence-corrected chi connectivity index (χ2v) is 6.67. The topological polar surface area (TPSA) is 85.3 Å². The Morgan fingerprint density at radius 2 is 2.27 bits per heavy atom. The maximum Gasteiger partial charge on any atom is 0.229 e. The zero-order valence-corrected chi connectivity index (χ0v) is 14.1. The van der Waals surface area contributed by atoms with Crippen molar-refractivity contribution in [3.63, 3.8) is 0 Å². The molecule has 2 aliphatic rings. The first kappa shape index (κ1) is 15.1. The number of carbonyl (C=O) groups is 1. The second-order valence-electron chi connectivity index (χ2n) is 6.67. The molecule has 7 nitrogen and oxygen atoms in total. The first-order valence-corrected chi connectivity index (χ1v) is 8.66. The summed E-state index contributed by atoms with van der Waals surface area (Å²) in [6.07, 6.45) is 6.59. The fourth-order valence-corrected chi connectivity index (χ4v) is 3.62. The molecule has 0 spiro atoms. The third-order valence-corrected chi connectivity index (χ3v) is 5.03. The summed E-state index contributed by atoms with van der Waals surface area (Å²) < 4.78 is 7.13. The van der Waals surface area contributed by atoms with Crippen molar-refractivity contribution in [2.75, 3.05) is 5.32 Å². The van der Waals surface area contributed by atoms with E-state index in [0.29, 0.717) is 13.1 Å². The van der Waals surface area contributed by atoms with Crippen molar-refractivity contribution >= 4 is 17.3 Å². The van der Waals surface area contributed by atoms with Gasteiger partial charge in [0, 0.05) is 29.8 Å². The lowest BCUT2D eigenvalue weighted by atomic mass is 9.98. The number of nitrogens with one attached hydrogen (secondary N) is 1. The van der Waals surface area contributed by atoms with E-state index in [-0.39, 0.29) is 11.8 Å². The van der Waals surface area contributed by atoms with E-state index in [4.69, 9.17) is 4.42 Å². The predicted molar refractivity (Wildman–Crippen MR) is 95.0 cm³/mol. The molecule has 0 bridgehead atoms. The zero-order chi connectivity index (χ0) is 17.5. The predicted octanol–water partition coefficient (Wildman–Crippen LogP) is 2.42. The summed E-state index contributed by atoms with van der Waals surface area (Å²) in [6, 6.07) is 7.87. The van der Waals surface area contributed by atoms with Crippen molar-refractivity contribution in [1.82, 2.24) is 14.8 Å². The van der Waals surface area contributed by atoms with Crippen LogP contribution in [0.2, 0.25) is 0 Å². The van der Waals surface area contributed by atoms with Crippen LogP contribution in [0.25, 0.3) is 0 Å². The number of carbonyl (C=O) groups excluding carboxylic acids is 1. The fraction of sp³-hybridized carbons (Fsp3) is 0.263. The molecule has 2 aliphatic heterocycles. The molecule has 0 fully saturated rings. The van der Waals surface area contributed by atoms with Gasteiger partial charge in [0.1, 0.15) is 12.2 Å². The van der Waals surface area contributed by atoms with Crippen LogP contribution in [0.1, 0.15) is 28.9 Å². The summed E-state index contributed by atoms with van der Waals surface area (Å²) in [7, 11) is 0. The summed E-state index contributed by atoms with van der Waals surface area (Å²) >= 11 is 0. The molecule has 130 valence electrons. The van der Waals surface area contributed by atoms with Crippen LogP contribution in [0, 0.1) is 5.92 Å². The molecular weight excluding hydrogens is 330 g/mol. The van der Waals surface area contributed by atoms with Crippen LogP contribution in [0.5, 0.6) is 0 Å². The molecule has 0 saturated carbocycles. The normalized spacial score (nSPS) is 18.2. The first-order valence-electron chi connectivity index (χ1n) is 8.66. The van der Waals surface area contributed by atoms with Gasteiger partial charge in [0.05, 0.1) is 30.7 Å². The second kappa shape index (κ2) is 5.94. The zero-order valence-electron chi connectivity index (χ0n) is 14.1. The van der Waals surface area contributed by atoms with Gasteiger partial charge in [-0.2, -0.15) is 0 Å². The number of aryl methyl sites for hydroxylation is 1. The number of furan rings is 1. The molecule has 0 saturated heterocycles. The number of amides is 1. The van der Waals surface area contributed by atoms with Crippen molar-refractivity contribution in [2.45, 2.75) is 25.9 Å². The minimum absolute atomic E-state index is 0.0316. The van der Waals surface area contributed by atoms with Crippen LogP contribution in [0.3, 0.4) is 0 Å². The van der Waals surface area contributed by atoms with E-state index < -0.39 is 0 Å². The highest BCUT2D eigenvalue weighted by Crippen LogP contribution is 2.27. The van der Waals surface area contributed by atoms with Gasteiger partial charge in [0.2, 0.25) is 5.91 Å². The van der Waals surface area contributed by atoms with E-state index in [2.05, 4.69) is 20.5 Å². The Morgan fingerprint density at radius 1 is 1.31 bits per heavy atom. The Kier molecular flexibility index (Phi) is 3.44. The van der Waals surface area contributed by atoms with Crippen LogP contribution < -0.4 is 5.32 Å². The third-order valence-electron chi connectivity index (χ3n) is 5.03. The number of anilines is 1. The van der Waals surface area contributed by atoms with Gasteiger partial charge in [-0.3, -0.25) is 9.79 Å². The van der Waals surface area contributed by atoms with Crippen molar-refractivity contribution in [3.8, 4) is 0 Å². The van der Waals surface area contributed by atoms with E-state index >= 15 is 0 Å². The van der Waals surface area contributed by atoms with E-state index in [9.17, 15) is 4.79 Å². The fourth-order valence-electron chi connectivity index (χ4n) is 3.62. The Morgan fingerprint density at radius 3 is 3.15 bits per heavy atom. The van der Waals surface area contributed by atoms with Crippen molar-refractivity contribution in [2.24, 2.45) is 10.9 Å². The monoisotopic (exact) mass is 347 g/mol. The lowest BCUT2D eigenvalue weighted by molar-refractivity contribution is -0.120. The number of benzene rings is 1. The van der Waals surface area contributed by atoms with Crippen LogP contribution in [0.15, 0.2) is 52.5 Å². The molecule has 5 rings (SSSR count). The van der Waals surface area contributed by atoms with Crippen LogP contribution in [-0.2, 0) is 24.3 Å². The molecule has 1 amide bonds. The molecule has 0 radical (unpaired) electrons. The number of aromatic nitrogens is 3. The van der Waals surface area contributed by atoms with Crippen molar-refractivity contribution < 1.29 is 9.21 Å². The number of aliphatic imine (C=N–C) groups is 1. The summed E-state index contributed by atoms with van der Waals surface area (Å²) in [4.78, 5) is 17.3. The standard InChI is InChI=1S/C19H17N5O2/c25-19(13-2-4-17-23-21-11-24(17)9-13)22-15-3-1-12-8-20-18(16(12)7-15)14-5-6-26-10-14/h1,3,5-7,10-11,13H,2,4,8-9H2,(H,22,25)/t13-/m1/s1. The lowest BCUT2D eigenvalue weighted by Crippen LogP contribution is -2.31. The van der Waals surface area contributed by atoms with Gasteiger partial charge in [0.15, 0.2) is 0 Å². The Hall–Kier alpha value is -3.22. The summed E-state index contributed by atoms with van der Waals surface area (Å²) in [5.74, 6) is 0.908. The molecule has 1 atom stereocenters. The van der Waals surface area contributed by atoms with Crippen molar-refractivity contribution in [1.29, 1.82) is 0 Å². The van der Waals surface area contributed by atoms with Crippen LogP contribution >= 0.6 is 0 Å². The van der Waals surface area contributed by atoms with Crippen LogP contribution in [0.4, 0.5) is 5.69 Å². The maximum atomic E-state index is 12.7. The van der Waals surface area contributed by atoms with Crippen molar-refractivity contribution in [3.05, 3.63) is 65.6 Å². The Bertz CT molecular complexity index is 1000. The highest BCUT2D eigenvalue weighted by atomic mass is 16.3. The third kappa shape index (κ3) is 2.52. The van der Waals surface area contributed by atoms with Gasteiger partial charge in [-0.1, -0.05) is 6.07 Å². The SMILES string of the molecule is O=C(Nc1ccc2c(c1)C(c1ccoc1)=NC2)[C@@H]1CCc2nncn2C1. The highest BCUT2D eigenvalue weighted by Gasteiger charge is 2.26. The van der Waals surface area contributed by atoms with Gasteiger partial charge < -0.3 is 14.3 Å². The number of nitrogens with zero attached hydrogens (tertiary/aromatic N) is 4. The average Bonchev–Trinajstić information content (AvgIpc) is 3.40. The van der Waals surface area contributed by atoms with E-state index in [0.717, 1.165) is 46.8 Å². The molecule has 2 aromatic heterocycles. The molecular formula is C19H17N5O2. The average molecular weight is 347 g/mol. The molecule has 1 aromatic carbocycles. The smallest absolute Gasteiger partial charge is 0.229 e. The van der Waals surface area contributed by atoms with E-state index in [1.165, 1.54) is 0 Å². The molecule has 4 heterocycles. The summed E-state index contributed by atoms with van der Waals surface area (Å²) in [6.45, 7) is 1.28. The van der Waals surface area contributed by atoms with Gasteiger partial charge >= 0.3 is 0 Å². The summed E-state index contributed by atoms with van der Waals surface area (Å²) in [5, 5.41) is 11.0. The molecule has 1 N–H and O–H groups in total. The number of fused-ring (bicyclic) bond motifs is 2. The summed E-state index contributed by atoms with van der Waals surface area (Å²) in [5.41, 5.74) is 4.87. The highest BCUT2D eigenvalue weighted by molar-refractivity contribution is 6.15. The van der Waals surface area contributed by atoms with Gasteiger partial charge in [-0.25, -0.2) is 0 Å². The Balaban J connectivity index is 1.35. The Labute approximate surface area is 149 Å². The molecule has 3 aromatic rings. The molecule has 7 heteroatoms. The van der Waals surface area contributed by atoms with Gasteiger partial charge in [0.25, 0.3) is 0 Å². The van der Waals surface area contributed by atoms with E-state index in [1.807, 2.05) is 28.8 Å². The molecule has 0 unspecified atom stereocenters. The number of hydrogen-bond acceptors (Lipinski definition) is 5. The minimum Gasteiger partial charge on any atom is -0.472 e. The minimum atomic E-state index is -0.0752. The maximum absolute atomic E-state index is 12.7. The number of hydrogen-bond donors (Lipinski definition) is 1. The lowest BCUT2D eigenvalue weighted by Gasteiger charge is -2.22. The van der Waals surface area contributed by atoms with Gasteiger partial charge in [-0.05, 0) is 30.2 Å². The molecule has 0 aliphatic carbocycles.